The van der Waals surface area contributed by atoms with Crippen molar-refractivity contribution in [1.82, 2.24) is 5.43 Å². The minimum absolute atomic E-state index is 0.0626. The van der Waals surface area contributed by atoms with E-state index in [0.717, 1.165) is 5.75 Å². The van der Waals surface area contributed by atoms with Gasteiger partial charge in [0.2, 0.25) is 0 Å². The van der Waals surface area contributed by atoms with E-state index in [4.69, 9.17) is 9.47 Å². The van der Waals surface area contributed by atoms with Crippen molar-refractivity contribution in [3.05, 3.63) is 95.6 Å². The average molecular weight is 428 g/mol. The van der Waals surface area contributed by atoms with Crippen molar-refractivity contribution in [2.45, 2.75) is 13.3 Å². The van der Waals surface area contributed by atoms with E-state index in [1.165, 1.54) is 10.6 Å². The number of rotatable bonds is 8. The quantitative estimate of drug-likeness (QED) is 0.330. The lowest BCUT2D eigenvalue weighted by Gasteiger charge is -2.14. The summed E-state index contributed by atoms with van der Waals surface area (Å²) in [6, 6.07) is 24.2. The van der Waals surface area contributed by atoms with Crippen LogP contribution in [0.5, 0.6) is 11.5 Å². The third-order valence-corrected chi connectivity index (χ3v) is 4.96. The number of carbonyl (C=O) groups excluding carboxylic acids is 2. The number of ether oxygens (including phenoxy) is 2. The van der Waals surface area contributed by atoms with Crippen LogP contribution in [0.4, 0.5) is 5.69 Å². The second kappa shape index (κ2) is 9.83. The van der Waals surface area contributed by atoms with Gasteiger partial charge in [0.25, 0.3) is 11.8 Å². The predicted molar refractivity (Wildman–Crippen MR) is 123 cm³/mol. The van der Waals surface area contributed by atoms with E-state index in [1.807, 2.05) is 73.7 Å². The van der Waals surface area contributed by atoms with E-state index < -0.39 is 11.8 Å². The molecule has 1 saturated heterocycles. The molecule has 3 aromatic carbocycles. The van der Waals surface area contributed by atoms with Gasteiger partial charge in [0.05, 0.1) is 18.9 Å². The summed E-state index contributed by atoms with van der Waals surface area (Å²) in [5, 5.41) is 1.25. The number of amides is 2. The van der Waals surface area contributed by atoms with Crippen LogP contribution in [0.1, 0.15) is 17.5 Å². The Morgan fingerprint density at radius 2 is 1.53 bits per heavy atom. The van der Waals surface area contributed by atoms with Crippen LogP contribution in [0, 0.1) is 6.92 Å². The van der Waals surface area contributed by atoms with Gasteiger partial charge in [0, 0.05) is 12.0 Å². The molecule has 1 heterocycles. The number of anilines is 1. The maximum absolute atomic E-state index is 12.8. The van der Waals surface area contributed by atoms with Gasteiger partial charge in [-0.05, 0) is 43.3 Å². The number of hydrogen-bond donors (Lipinski definition) is 1. The van der Waals surface area contributed by atoms with Crippen LogP contribution < -0.4 is 19.9 Å². The van der Waals surface area contributed by atoms with Gasteiger partial charge in [-0.1, -0.05) is 54.1 Å². The molecule has 6 nitrogen and oxygen atoms in total. The number of aryl methyl sites for hydroxylation is 1. The zero-order chi connectivity index (χ0) is 22.3. The molecule has 0 atom stereocenters. The Morgan fingerprint density at radius 1 is 0.844 bits per heavy atom. The highest BCUT2D eigenvalue weighted by Gasteiger charge is 2.34. The van der Waals surface area contributed by atoms with Crippen LogP contribution in [0.25, 0.3) is 6.08 Å². The number of hydrogen-bond acceptors (Lipinski definition) is 4. The number of benzene rings is 3. The Bertz CT molecular complexity index is 1120. The molecule has 1 fully saturated rings. The first-order valence-corrected chi connectivity index (χ1v) is 10.5. The van der Waals surface area contributed by atoms with Crippen molar-refractivity contribution in [1.29, 1.82) is 0 Å². The Morgan fingerprint density at radius 3 is 2.31 bits per heavy atom. The molecule has 6 heteroatoms. The number of para-hydroxylation sites is 2. The first-order chi connectivity index (χ1) is 15.6. The van der Waals surface area contributed by atoms with Crippen molar-refractivity contribution in [3.8, 4) is 11.5 Å². The van der Waals surface area contributed by atoms with Crippen LogP contribution in [0.2, 0.25) is 0 Å². The van der Waals surface area contributed by atoms with Crippen LogP contribution in [0.3, 0.4) is 0 Å². The number of nitrogens with zero attached hydrogens (tertiary/aromatic N) is 1. The highest BCUT2D eigenvalue weighted by molar-refractivity contribution is 6.31. The third-order valence-electron chi connectivity index (χ3n) is 4.96. The van der Waals surface area contributed by atoms with Gasteiger partial charge in [0.15, 0.2) is 0 Å². The zero-order valence-corrected chi connectivity index (χ0v) is 17.8. The molecule has 162 valence electrons. The van der Waals surface area contributed by atoms with E-state index in [9.17, 15) is 9.59 Å². The molecule has 32 heavy (non-hydrogen) atoms. The lowest BCUT2D eigenvalue weighted by molar-refractivity contribution is -0.117. The third kappa shape index (κ3) is 4.98. The fourth-order valence-electron chi connectivity index (χ4n) is 3.27. The highest BCUT2D eigenvalue weighted by atomic mass is 16.5. The summed E-state index contributed by atoms with van der Waals surface area (Å²) in [6.45, 7) is 3.01. The topological polar surface area (TPSA) is 67.9 Å². The van der Waals surface area contributed by atoms with E-state index in [-0.39, 0.29) is 5.57 Å². The summed E-state index contributed by atoms with van der Waals surface area (Å²) in [6.07, 6.45) is 2.26. The largest absolute Gasteiger partial charge is 0.493 e. The molecule has 1 N–H and O–H groups in total. The summed E-state index contributed by atoms with van der Waals surface area (Å²) in [7, 11) is 0. The standard InChI is InChI=1S/C26H24N2O4/c1-19-12-14-22(15-13-19)31-16-7-17-32-24-11-6-5-8-20(24)18-23-25(29)27-28(26(23)30)21-9-3-2-4-10-21/h2-6,8-15,18H,7,16-17H2,1H3,(H,27,29)/b23-18-. The molecule has 0 spiro atoms. The normalized spacial score (nSPS) is 14.5. The second-order valence-corrected chi connectivity index (χ2v) is 7.38. The summed E-state index contributed by atoms with van der Waals surface area (Å²) in [4.78, 5) is 25.2. The van der Waals surface area contributed by atoms with Gasteiger partial charge in [-0.15, -0.1) is 0 Å². The van der Waals surface area contributed by atoms with E-state index in [2.05, 4.69) is 5.43 Å². The fraction of sp³-hybridized carbons (Fsp3) is 0.154. The van der Waals surface area contributed by atoms with E-state index in [1.54, 1.807) is 18.2 Å². The van der Waals surface area contributed by atoms with Crippen molar-refractivity contribution < 1.29 is 19.1 Å². The molecule has 0 bridgehead atoms. The average Bonchev–Trinajstić information content (AvgIpc) is 3.10. The van der Waals surface area contributed by atoms with Crippen LogP contribution >= 0.6 is 0 Å². The molecule has 4 rings (SSSR count). The Balaban J connectivity index is 1.38. The van der Waals surface area contributed by atoms with Crippen LogP contribution in [-0.2, 0) is 9.59 Å². The minimum Gasteiger partial charge on any atom is -0.493 e. The van der Waals surface area contributed by atoms with Crippen molar-refractivity contribution in [3.63, 3.8) is 0 Å². The van der Waals surface area contributed by atoms with Crippen LogP contribution in [0.15, 0.2) is 84.4 Å². The predicted octanol–water partition coefficient (Wildman–Crippen LogP) is 4.30. The smallest absolute Gasteiger partial charge is 0.282 e. The molecule has 1 aliphatic heterocycles. The van der Waals surface area contributed by atoms with E-state index >= 15 is 0 Å². The van der Waals surface area contributed by atoms with Gasteiger partial charge in [0.1, 0.15) is 17.1 Å². The molecule has 3 aromatic rings. The lowest BCUT2D eigenvalue weighted by atomic mass is 10.1. The lowest BCUT2D eigenvalue weighted by Crippen LogP contribution is -2.35. The molecular formula is C26H24N2O4. The first-order valence-electron chi connectivity index (χ1n) is 10.5. The minimum atomic E-state index is -0.444. The van der Waals surface area contributed by atoms with E-state index in [0.29, 0.717) is 36.6 Å². The zero-order valence-electron chi connectivity index (χ0n) is 17.8. The SMILES string of the molecule is Cc1ccc(OCCCOc2ccccc2/C=C2/C(=O)NN(c3ccccc3)C2=O)cc1. The van der Waals surface area contributed by atoms with Gasteiger partial charge < -0.3 is 9.47 Å². The van der Waals surface area contributed by atoms with Crippen molar-refractivity contribution >= 4 is 23.6 Å². The second-order valence-electron chi connectivity index (χ2n) is 7.38. The molecule has 0 unspecified atom stereocenters. The Hall–Kier alpha value is -4.06. The van der Waals surface area contributed by atoms with Gasteiger partial charge in [-0.3, -0.25) is 15.0 Å². The van der Waals surface area contributed by atoms with Gasteiger partial charge in [-0.2, -0.15) is 0 Å². The van der Waals surface area contributed by atoms with Gasteiger partial charge in [-0.25, -0.2) is 5.01 Å². The summed E-state index contributed by atoms with van der Waals surface area (Å²) in [5.74, 6) is 0.589. The van der Waals surface area contributed by atoms with Gasteiger partial charge >= 0.3 is 0 Å². The molecule has 2 amide bonds. The summed E-state index contributed by atoms with van der Waals surface area (Å²) in [5.41, 5.74) is 5.13. The molecule has 1 aliphatic rings. The molecule has 0 aromatic heterocycles. The number of hydrazine groups is 1. The Kier molecular flexibility index (Phi) is 6.51. The Labute approximate surface area is 187 Å². The first kappa shape index (κ1) is 21.2. The summed E-state index contributed by atoms with van der Waals surface area (Å²) < 4.78 is 11.6. The number of nitrogens with one attached hydrogen (secondary N) is 1. The van der Waals surface area contributed by atoms with Crippen molar-refractivity contribution in [2.24, 2.45) is 0 Å². The fourth-order valence-corrected chi connectivity index (χ4v) is 3.27. The highest BCUT2D eigenvalue weighted by Crippen LogP contribution is 2.25. The molecule has 0 radical (unpaired) electrons. The van der Waals surface area contributed by atoms with Crippen molar-refractivity contribution in [2.75, 3.05) is 18.2 Å². The maximum Gasteiger partial charge on any atom is 0.282 e. The molecular weight excluding hydrogens is 404 g/mol. The van der Waals surface area contributed by atoms with Crippen LogP contribution in [-0.4, -0.2) is 25.0 Å². The maximum atomic E-state index is 12.8. The molecule has 0 aliphatic carbocycles. The summed E-state index contributed by atoms with van der Waals surface area (Å²) >= 11 is 0. The molecule has 0 saturated carbocycles. The monoisotopic (exact) mass is 428 g/mol. The number of carbonyl (C=O) groups is 2.